The average Bonchev–Trinajstić information content (AvgIpc) is 1.79. The summed E-state index contributed by atoms with van der Waals surface area (Å²) in [5.41, 5.74) is 0. The molecule has 59 valence electrons. The molecule has 0 atom stereocenters. The first-order chi connectivity index (χ1) is 4.63. The van der Waals surface area contributed by atoms with Gasteiger partial charge in [-0.05, 0) is 5.92 Å². The summed E-state index contributed by atoms with van der Waals surface area (Å²) in [6.45, 7) is 9.27. The maximum absolute atomic E-state index is 2.32. The van der Waals surface area contributed by atoms with E-state index in [2.05, 4.69) is 27.7 Å². The summed E-state index contributed by atoms with van der Waals surface area (Å²) >= 11 is 0.763. The van der Waals surface area contributed by atoms with Gasteiger partial charge in [0.05, 0.1) is 0 Å². The van der Waals surface area contributed by atoms with Crippen LogP contribution in [0.5, 0.6) is 0 Å². The highest BCUT2D eigenvalue weighted by Crippen LogP contribution is 2.07. The van der Waals surface area contributed by atoms with E-state index in [9.17, 15) is 0 Å². The molecule has 0 aliphatic carbocycles. The van der Waals surface area contributed by atoms with Gasteiger partial charge in [-0.3, -0.25) is 0 Å². The highest BCUT2D eigenvalue weighted by molar-refractivity contribution is 6.35. The molecule has 0 unspecified atom stereocenters. The van der Waals surface area contributed by atoms with Crippen LogP contribution in [-0.2, 0) is 0 Å². The third-order valence-corrected chi connectivity index (χ3v) is 3.60. The second-order valence-electron chi connectivity index (χ2n) is 3.89. The Labute approximate surface area is 72.1 Å². The van der Waals surface area contributed by atoms with Crippen molar-refractivity contribution in [2.24, 2.45) is 11.8 Å². The van der Waals surface area contributed by atoms with E-state index in [4.69, 9.17) is 0 Å². The highest BCUT2D eigenvalue weighted by Gasteiger charge is 1.98. The minimum Gasteiger partial charge on any atom is -0.104 e. The van der Waals surface area contributed by atoms with Crippen LogP contribution >= 0.6 is 0 Å². The fourth-order valence-corrected chi connectivity index (χ4v) is 2.71. The number of hydrogen-bond donors (Lipinski definition) is 0. The summed E-state index contributed by atoms with van der Waals surface area (Å²) in [6.07, 6.45) is 1.45. The minimum atomic E-state index is 0.763. The molecule has 1 radical (unpaired) electrons. The third-order valence-electron chi connectivity index (χ3n) is 1.59. The Hall–Kier alpha value is 0.532. The van der Waals surface area contributed by atoms with Gasteiger partial charge in [-0.15, -0.1) is 10.6 Å². The summed E-state index contributed by atoms with van der Waals surface area (Å²) < 4.78 is 0. The minimum absolute atomic E-state index is 0.763. The monoisotopic (exact) mass is 155 g/mol. The lowest BCUT2D eigenvalue weighted by Crippen LogP contribution is -1.97. The first kappa shape index (κ1) is 10.5. The van der Waals surface area contributed by atoms with Gasteiger partial charge in [-0.25, -0.2) is 0 Å². The molecule has 0 aliphatic rings. The smallest absolute Gasteiger partial charge is 0.104 e. The quantitative estimate of drug-likeness (QED) is 0.422. The van der Waals surface area contributed by atoms with E-state index in [0.29, 0.717) is 0 Å². The van der Waals surface area contributed by atoms with Crippen molar-refractivity contribution in [2.45, 2.75) is 44.7 Å². The van der Waals surface area contributed by atoms with Crippen LogP contribution in [0.4, 0.5) is 0 Å². The first-order valence-corrected chi connectivity index (χ1v) is 6.08. The van der Waals surface area contributed by atoms with E-state index in [-0.39, 0.29) is 0 Å². The zero-order chi connectivity index (χ0) is 7.98. The Balaban J connectivity index is 2.91. The van der Waals surface area contributed by atoms with E-state index in [1.807, 2.05) is 0 Å². The second-order valence-corrected chi connectivity index (χ2v) is 5.52. The van der Waals surface area contributed by atoms with Crippen LogP contribution < -0.4 is 0 Å². The lowest BCUT2D eigenvalue weighted by Gasteiger charge is -2.04. The largest absolute Gasteiger partial charge is 0.200 e. The topological polar surface area (TPSA) is 0 Å². The van der Waals surface area contributed by atoms with Crippen LogP contribution in [-0.4, -0.2) is 15.2 Å². The van der Waals surface area contributed by atoms with Gasteiger partial charge in [0.15, 0.2) is 15.2 Å². The molecule has 10 heavy (non-hydrogen) atoms. The molecule has 0 heterocycles. The van der Waals surface area contributed by atoms with E-state index in [0.717, 1.165) is 27.1 Å². The normalized spacial score (nSPS) is 11.0. The van der Waals surface area contributed by atoms with Crippen LogP contribution in [0.1, 0.15) is 34.1 Å². The summed E-state index contributed by atoms with van der Waals surface area (Å²) in [4.78, 5) is 0. The molecule has 0 bridgehead atoms. The van der Waals surface area contributed by atoms with Crippen LogP contribution in [0.2, 0.25) is 10.6 Å². The first-order valence-electron chi connectivity index (χ1n) is 4.44. The van der Waals surface area contributed by atoms with Crippen LogP contribution in [0.25, 0.3) is 0 Å². The lowest BCUT2D eigenvalue weighted by molar-refractivity contribution is 0.621. The molecule has 0 aromatic heterocycles. The summed E-state index contributed by atoms with van der Waals surface area (Å²) in [7, 11) is 0. The third kappa shape index (κ3) is 8.53. The van der Waals surface area contributed by atoms with E-state index in [1.54, 1.807) is 0 Å². The molecule has 0 aromatic rings. The van der Waals surface area contributed by atoms with E-state index >= 15 is 0 Å². The highest BCUT2D eigenvalue weighted by atomic mass is 27.1. The molecule has 1 heteroatoms. The molecule has 0 saturated heterocycles. The maximum atomic E-state index is 2.32. The molecule has 0 aliphatic heterocycles. The molecular weight excluding hydrogens is 135 g/mol. The maximum Gasteiger partial charge on any atom is 0.200 e. The van der Waals surface area contributed by atoms with Gasteiger partial charge in [0.25, 0.3) is 0 Å². The van der Waals surface area contributed by atoms with Crippen molar-refractivity contribution in [3.05, 3.63) is 0 Å². The Morgan fingerprint density at radius 3 is 2.00 bits per heavy atom. The zero-order valence-corrected chi connectivity index (χ0v) is 9.01. The van der Waals surface area contributed by atoms with Gasteiger partial charge in [0.1, 0.15) is 0 Å². The summed E-state index contributed by atoms with van der Waals surface area (Å²) in [5.74, 6) is 1.85. The Morgan fingerprint density at radius 2 is 1.60 bits per heavy atom. The molecule has 0 N–H and O–H groups in total. The van der Waals surface area contributed by atoms with Gasteiger partial charge in [-0.1, -0.05) is 40.0 Å². The Kier molecular flexibility index (Phi) is 6.59. The average molecular weight is 155 g/mol. The van der Waals surface area contributed by atoms with Crippen molar-refractivity contribution in [3.63, 3.8) is 0 Å². The zero-order valence-electron chi connectivity index (χ0n) is 7.85. The molecule has 0 nitrogen and oxygen atoms in total. The van der Waals surface area contributed by atoms with Crippen molar-refractivity contribution < 1.29 is 0 Å². The van der Waals surface area contributed by atoms with Crippen LogP contribution in [0.3, 0.4) is 0 Å². The fourth-order valence-electron chi connectivity index (χ4n) is 0.902. The van der Waals surface area contributed by atoms with Gasteiger partial charge in [0.2, 0.25) is 0 Å². The number of hydrogen-bond acceptors (Lipinski definition) is 0. The second kappa shape index (κ2) is 6.26. The van der Waals surface area contributed by atoms with Crippen molar-refractivity contribution in [2.75, 3.05) is 0 Å². The predicted octanol–water partition coefficient (Wildman–Crippen LogP) is 3.23. The standard InChI is InChI=1S/C5H11.C4H9.Al/c1-4-5(2)3;1-4(2)3;/h5H,1,4H2,2-3H3;4H,1H2,2-3H3;. The summed E-state index contributed by atoms with van der Waals surface area (Å²) in [6, 6.07) is 0. The van der Waals surface area contributed by atoms with Crippen molar-refractivity contribution >= 4 is 15.2 Å². The van der Waals surface area contributed by atoms with Gasteiger partial charge in [0, 0.05) is 0 Å². The van der Waals surface area contributed by atoms with E-state index in [1.165, 1.54) is 17.0 Å². The van der Waals surface area contributed by atoms with Crippen molar-refractivity contribution in [1.29, 1.82) is 0 Å². The number of rotatable bonds is 5. The molecule has 0 saturated carbocycles. The summed E-state index contributed by atoms with van der Waals surface area (Å²) in [5, 5.41) is 3.00. The van der Waals surface area contributed by atoms with Gasteiger partial charge in [-0.2, -0.15) is 0 Å². The predicted molar refractivity (Wildman–Crippen MR) is 49.7 cm³/mol. The molecule has 0 spiro atoms. The molecule has 0 amide bonds. The van der Waals surface area contributed by atoms with Crippen LogP contribution in [0, 0.1) is 11.8 Å². The molecule has 0 aromatic carbocycles. The van der Waals surface area contributed by atoms with Crippen molar-refractivity contribution in [1.82, 2.24) is 0 Å². The SMILES string of the molecule is CC(C)C[CH2][Al][CH2]C(C)C. The molecule has 0 fully saturated rings. The molecule has 0 rings (SSSR count). The molecular formula is C9H20Al. The Bertz CT molecular complexity index is 57.1. The van der Waals surface area contributed by atoms with Gasteiger partial charge >= 0.3 is 0 Å². The van der Waals surface area contributed by atoms with Crippen molar-refractivity contribution in [3.8, 4) is 0 Å². The van der Waals surface area contributed by atoms with Gasteiger partial charge < -0.3 is 0 Å². The van der Waals surface area contributed by atoms with Crippen LogP contribution in [0.15, 0.2) is 0 Å². The lowest BCUT2D eigenvalue weighted by atomic mass is 10.2. The fraction of sp³-hybridized carbons (Fsp3) is 1.00. The van der Waals surface area contributed by atoms with E-state index < -0.39 is 0 Å². The Morgan fingerprint density at radius 1 is 1.00 bits per heavy atom.